The van der Waals surface area contributed by atoms with Crippen LogP contribution in [0.2, 0.25) is 0 Å². The Morgan fingerprint density at radius 1 is 1.16 bits per heavy atom. The molecule has 1 amide bonds. The number of hydrazone groups is 1. The molecule has 0 unspecified atom stereocenters. The van der Waals surface area contributed by atoms with Gasteiger partial charge >= 0.3 is 0 Å². The Morgan fingerprint density at radius 2 is 1.84 bits per heavy atom. The molecule has 0 saturated heterocycles. The average Bonchev–Trinajstić information content (AvgIpc) is 2.77. The largest absolute Gasteiger partial charge is 0.497 e. The summed E-state index contributed by atoms with van der Waals surface area (Å²) >= 11 is 0. The number of benzene rings is 2. The van der Waals surface area contributed by atoms with Gasteiger partial charge in [0.15, 0.2) is 11.5 Å². The van der Waals surface area contributed by atoms with Gasteiger partial charge in [0, 0.05) is 0 Å². The summed E-state index contributed by atoms with van der Waals surface area (Å²) < 4.78 is 41.6. The zero-order valence-corrected chi connectivity index (χ0v) is 19.3. The summed E-state index contributed by atoms with van der Waals surface area (Å²) in [6, 6.07) is 10.5. The molecule has 172 valence electrons. The lowest BCUT2D eigenvalue weighted by Gasteiger charge is -2.27. The lowest BCUT2D eigenvalue weighted by molar-refractivity contribution is -0.121. The van der Waals surface area contributed by atoms with Crippen LogP contribution in [0.3, 0.4) is 0 Å². The number of methoxy groups -OCH3 is 2. The highest BCUT2D eigenvalue weighted by atomic mass is 32.2. The normalized spacial score (nSPS) is 12.1. The number of rotatable bonds is 11. The van der Waals surface area contributed by atoms with Crippen LogP contribution in [0.4, 0.5) is 5.69 Å². The molecule has 0 saturated carbocycles. The minimum atomic E-state index is -3.74. The van der Waals surface area contributed by atoms with Crippen LogP contribution < -0.4 is 23.9 Å². The van der Waals surface area contributed by atoms with Crippen LogP contribution in [0.5, 0.6) is 17.2 Å². The number of nitrogens with zero attached hydrogens (tertiary/aromatic N) is 2. The highest BCUT2D eigenvalue weighted by Gasteiger charge is 2.29. The number of nitrogens with one attached hydrogen (secondary N) is 1. The first-order valence-corrected chi connectivity index (χ1v) is 11.4. The second kappa shape index (κ2) is 11.2. The van der Waals surface area contributed by atoms with Crippen LogP contribution in [0.15, 0.2) is 60.2 Å². The number of carbonyl (C=O) groups is 1. The van der Waals surface area contributed by atoms with E-state index in [-0.39, 0.29) is 0 Å². The molecule has 0 radical (unpaired) electrons. The van der Waals surface area contributed by atoms with Crippen LogP contribution in [-0.2, 0) is 14.8 Å². The van der Waals surface area contributed by atoms with E-state index in [1.54, 1.807) is 48.5 Å². The maximum Gasteiger partial charge on any atom is 0.263 e. The van der Waals surface area contributed by atoms with Gasteiger partial charge in [0.25, 0.3) is 5.91 Å². The van der Waals surface area contributed by atoms with Gasteiger partial charge in [-0.15, -0.1) is 0 Å². The molecular weight excluding hydrogens is 434 g/mol. The zero-order chi connectivity index (χ0) is 23.7. The van der Waals surface area contributed by atoms with Crippen molar-refractivity contribution >= 4 is 27.8 Å². The fourth-order valence-electron chi connectivity index (χ4n) is 2.83. The van der Waals surface area contributed by atoms with Crippen LogP contribution in [0.1, 0.15) is 12.5 Å². The summed E-state index contributed by atoms with van der Waals surface area (Å²) in [6.07, 6.45) is 4.08. The third-order valence-electron chi connectivity index (χ3n) is 4.35. The number of hydrogen-bond donors (Lipinski definition) is 1. The van der Waals surface area contributed by atoms with Crippen molar-refractivity contribution in [3.05, 3.63) is 60.7 Å². The minimum Gasteiger partial charge on any atom is -0.497 e. The van der Waals surface area contributed by atoms with Crippen molar-refractivity contribution in [2.75, 3.05) is 31.4 Å². The van der Waals surface area contributed by atoms with E-state index in [4.69, 9.17) is 14.2 Å². The third kappa shape index (κ3) is 6.48. The quantitative estimate of drug-likeness (QED) is 0.313. The van der Waals surface area contributed by atoms with Gasteiger partial charge in [-0.1, -0.05) is 12.7 Å². The van der Waals surface area contributed by atoms with Gasteiger partial charge in [0.1, 0.15) is 18.4 Å². The molecule has 0 aliphatic rings. The molecule has 0 aliphatic carbocycles. The maximum absolute atomic E-state index is 12.6. The van der Waals surface area contributed by atoms with Gasteiger partial charge in [-0.25, -0.2) is 13.8 Å². The van der Waals surface area contributed by atoms with Gasteiger partial charge in [0.2, 0.25) is 10.0 Å². The van der Waals surface area contributed by atoms with E-state index in [0.29, 0.717) is 35.1 Å². The third-order valence-corrected chi connectivity index (χ3v) is 5.59. The molecule has 1 N–H and O–H groups in total. The minimum absolute atomic E-state index is 0.333. The monoisotopic (exact) mass is 461 g/mol. The zero-order valence-electron chi connectivity index (χ0n) is 18.4. The molecule has 9 nitrogen and oxygen atoms in total. The average molecular weight is 462 g/mol. The maximum atomic E-state index is 12.6. The summed E-state index contributed by atoms with van der Waals surface area (Å²) in [4.78, 5) is 12.6. The second-order valence-electron chi connectivity index (χ2n) is 6.68. The fraction of sp³-hybridized carbons (Fsp3) is 0.273. The Labute approximate surface area is 188 Å². The van der Waals surface area contributed by atoms with E-state index < -0.39 is 22.0 Å². The smallest absolute Gasteiger partial charge is 0.263 e. The number of carbonyl (C=O) groups excluding carboxylic acids is 1. The Kier molecular flexibility index (Phi) is 8.65. The lowest BCUT2D eigenvalue weighted by Crippen LogP contribution is -2.46. The molecule has 0 heterocycles. The fourth-order valence-corrected chi connectivity index (χ4v) is 4.01. The van der Waals surface area contributed by atoms with Crippen LogP contribution in [0.25, 0.3) is 0 Å². The van der Waals surface area contributed by atoms with Gasteiger partial charge < -0.3 is 14.2 Å². The summed E-state index contributed by atoms with van der Waals surface area (Å²) in [6.45, 7) is 5.41. The molecule has 1 atom stereocenters. The predicted octanol–water partition coefficient (Wildman–Crippen LogP) is 2.57. The summed E-state index contributed by atoms with van der Waals surface area (Å²) in [5, 5.41) is 3.94. The molecular formula is C22H27N3O6S. The van der Waals surface area contributed by atoms with Gasteiger partial charge in [0.05, 0.1) is 32.4 Å². The highest BCUT2D eigenvalue weighted by Crippen LogP contribution is 2.27. The first kappa shape index (κ1) is 24.7. The van der Waals surface area contributed by atoms with E-state index >= 15 is 0 Å². The van der Waals surface area contributed by atoms with Crippen molar-refractivity contribution in [3.8, 4) is 17.2 Å². The van der Waals surface area contributed by atoms with Crippen LogP contribution in [0, 0.1) is 0 Å². The first-order valence-electron chi connectivity index (χ1n) is 9.59. The molecule has 2 rings (SSSR count). The summed E-state index contributed by atoms with van der Waals surface area (Å²) in [5.74, 6) is 1.02. The van der Waals surface area contributed by atoms with E-state index in [9.17, 15) is 13.2 Å². The molecule has 0 aliphatic heterocycles. The predicted molar refractivity (Wildman–Crippen MR) is 124 cm³/mol. The van der Waals surface area contributed by atoms with E-state index in [0.717, 1.165) is 10.6 Å². The first-order chi connectivity index (χ1) is 15.2. The Hall–Kier alpha value is -3.53. The van der Waals surface area contributed by atoms with E-state index in [2.05, 4.69) is 17.1 Å². The van der Waals surface area contributed by atoms with Crippen molar-refractivity contribution < 1.29 is 27.4 Å². The van der Waals surface area contributed by atoms with Crippen molar-refractivity contribution in [1.29, 1.82) is 0 Å². The molecule has 0 spiro atoms. The highest BCUT2D eigenvalue weighted by molar-refractivity contribution is 7.92. The molecule has 2 aromatic rings. The van der Waals surface area contributed by atoms with E-state index in [1.807, 2.05) is 0 Å². The Morgan fingerprint density at radius 3 is 2.41 bits per heavy atom. The molecule has 32 heavy (non-hydrogen) atoms. The Bertz CT molecular complexity index is 1070. The number of amides is 1. The van der Waals surface area contributed by atoms with Crippen molar-refractivity contribution in [2.24, 2.45) is 5.10 Å². The number of ether oxygens (including phenoxy) is 3. The molecule has 0 bridgehead atoms. The van der Waals surface area contributed by atoms with Crippen molar-refractivity contribution in [3.63, 3.8) is 0 Å². The number of anilines is 1. The molecule has 2 aromatic carbocycles. The van der Waals surface area contributed by atoms with Crippen molar-refractivity contribution in [1.82, 2.24) is 5.43 Å². The summed E-state index contributed by atoms with van der Waals surface area (Å²) in [5.41, 5.74) is 3.36. The van der Waals surface area contributed by atoms with Crippen LogP contribution in [-0.4, -0.2) is 53.7 Å². The standard InChI is InChI=1S/C22H27N3O6S/c1-6-13-31-20-12-7-17(14-21(20)30-4)15-23-24-22(26)16(2)25(32(5,27)28)18-8-10-19(29-3)11-9-18/h6-12,14-16H,1,13H2,2-5H3,(H,24,26)/b23-15-/t16-/m0/s1. The summed E-state index contributed by atoms with van der Waals surface area (Å²) in [7, 11) is -0.716. The van der Waals surface area contributed by atoms with E-state index in [1.165, 1.54) is 27.4 Å². The number of sulfonamides is 1. The molecule has 10 heteroatoms. The second-order valence-corrected chi connectivity index (χ2v) is 8.54. The van der Waals surface area contributed by atoms with Gasteiger partial charge in [-0.05, 0) is 55.0 Å². The Balaban J connectivity index is 2.14. The molecule has 0 fully saturated rings. The lowest BCUT2D eigenvalue weighted by atomic mass is 10.2. The van der Waals surface area contributed by atoms with Gasteiger partial charge in [-0.3, -0.25) is 9.10 Å². The topological polar surface area (TPSA) is 107 Å². The SMILES string of the molecule is C=CCOc1ccc(/C=N\NC(=O)[C@H](C)N(c2ccc(OC)cc2)S(C)(=O)=O)cc1OC. The van der Waals surface area contributed by atoms with Gasteiger partial charge in [-0.2, -0.15) is 5.10 Å². The van der Waals surface area contributed by atoms with Crippen LogP contribution >= 0.6 is 0 Å². The van der Waals surface area contributed by atoms with Crippen molar-refractivity contribution in [2.45, 2.75) is 13.0 Å². The molecule has 0 aromatic heterocycles. The number of hydrogen-bond acceptors (Lipinski definition) is 7.